The van der Waals surface area contributed by atoms with E-state index in [9.17, 15) is 13.6 Å². The van der Waals surface area contributed by atoms with Crippen LogP contribution >= 0.6 is 0 Å². The predicted molar refractivity (Wildman–Crippen MR) is 53.9 cm³/mol. The molecule has 0 saturated carbocycles. The van der Waals surface area contributed by atoms with Gasteiger partial charge in [-0.15, -0.1) is 0 Å². The van der Waals surface area contributed by atoms with Gasteiger partial charge in [-0.2, -0.15) is 0 Å². The molecule has 3 N–H and O–H groups in total. The SMILES string of the molecule is NC1=NC(c2cccc(C(F)F)c2)C(=O)N1. The van der Waals surface area contributed by atoms with Crippen molar-refractivity contribution in [3.05, 3.63) is 35.4 Å². The molecule has 0 aromatic heterocycles. The van der Waals surface area contributed by atoms with Crippen LogP contribution < -0.4 is 11.1 Å². The summed E-state index contributed by atoms with van der Waals surface area (Å²) in [5, 5.41) is 2.32. The van der Waals surface area contributed by atoms with E-state index < -0.39 is 18.4 Å². The number of alkyl halides is 2. The van der Waals surface area contributed by atoms with Crippen LogP contribution in [0.5, 0.6) is 0 Å². The number of carbonyl (C=O) groups is 1. The van der Waals surface area contributed by atoms with Gasteiger partial charge >= 0.3 is 0 Å². The molecule has 0 saturated heterocycles. The molecule has 1 aromatic rings. The first-order valence-electron chi connectivity index (χ1n) is 4.60. The third-order valence-electron chi connectivity index (χ3n) is 2.25. The zero-order valence-corrected chi connectivity index (χ0v) is 8.15. The van der Waals surface area contributed by atoms with Crippen LogP contribution in [0.3, 0.4) is 0 Å². The predicted octanol–water partition coefficient (Wildman–Crippen LogP) is 1.11. The van der Waals surface area contributed by atoms with Crippen LogP contribution in [-0.4, -0.2) is 11.9 Å². The van der Waals surface area contributed by atoms with E-state index in [1.54, 1.807) is 6.07 Å². The number of guanidine groups is 1. The summed E-state index contributed by atoms with van der Waals surface area (Å²) in [5.41, 5.74) is 5.60. The molecule has 0 spiro atoms. The van der Waals surface area contributed by atoms with Gasteiger partial charge in [-0.25, -0.2) is 13.8 Å². The van der Waals surface area contributed by atoms with Gasteiger partial charge < -0.3 is 5.73 Å². The Morgan fingerprint density at radius 2 is 2.19 bits per heavy atom. The number of rotatable bonds is 2. The average Bonchev–Trinajstić information content (AvgIpc) is 2.58. The summed E-state index contributed by atoms with van der Waals surface area (Å²) in [4.78, 5) is 15.2. The number of nitrogens with zero attached hydrogens (tertiary/aromatic N) is 1. The van der Waals surface area contributed by atoms with E-state index in [0.29, 0.717) is 5.56 Å². The Hall–Kier alpha value is -1.98. The minimum Gasteiger partial charge on any atom is -0.370 e. The molecule has 1 aliphatic heterocycles. The van der Waals surface area contributed by atoms with Crippen molar-refractivity contribution in [2.45, 2.75) is 12.5 Å². The van der Waals surface area contributed by atoms with Gasteiger partial charge in [0.05, 0.1) is 0 Å². The van der Waals surface area contributed by atoms with Gasteiger partial charge in [-0.05, 0) is 11.6 Å². The molecule has 1 heterocycles. The number of nitrogens with one attached hydrogen (secondary N) is 1. The lowest BCUT2D eigenvalue weighted by atomic mass is 10.0. The van der Waals surface area contributed by atoms with Crippen LogP contribution in [0.15, 0.2) is 29.3 Å². The van der Waals surface area contributed by atoms with Crippen molar-refractivity contribution in [2.75, 3.05) is 0 Å². The molecular formula is C10H9F2N3O. The Balaban J connectivity index is 2.34. The minimum atomic E-state index is -2.56. The molecule has 1 amide bonds. The Morgan fingerprint density at radius 1 is 1.44 bits per heavy atom. The first kappa shape index (κ1) is 10.5. The topological polar surface area (TPSA) is 67.5 Å². The van der Waals surface area contributed by atoms with Gasteiger partial charge in [0.25, 0.3) is 12.3 Å². The molecule has 1 atom stereocenters. The van der Waals surface area contributed by atoms with E-state index in [-0.39, 0.29) is 11.5 Å². The van der Waals surface area contributed by atoms with Gasteiger partial charge in [0.2, 0.25) is 0 Å². The first-order valence-corrected chi connectivity index (χ1v) is 4.60. The van der Waals surface area contributed by atoms with Crippen molar-refractivity contribution in [1.29, 1.82) is 0 Å². The van der Waals surface area contributed by atoms with Gasteiger partial charge in [-0.1, -0.05) is 18.2 Å². The molecule has 0 radical (unpaired) electrons. The Bertz CT molecular complexity index is 459. The van der Waals surface area contributed by atoms with Crippen LogP contribution in [0.1, 0.15) is 23.6 Å². The zero-order valence-electron chi connectivity index (χ0n) is 8.15. The Morgan fingerprint density at radius 3 is 2.75 bits per heavy atom. The van der Waals surface area contributed by atoms with E-state index >= 15 is 0 Å². The third-order valence-corrected chi connectivity index (χ3v) is 2.25. The standard InChI is InChI=1S/C10H9F2N3O/c11-8(12)6-3-1-2-5(4-6)7-9(16)15-10(13)14-7/h1-4,7-8H,(H3,13,14,15,16). The highest BCUT2D eigenvalue weighted by molar-refractivity contribution is 6.04. The maximum atomic E-state index is 12.4. The molecule has 16 heavy (non-hydrogen) atoms. The second-order valence-electron chi connectivity index (χ2n) is 3.38. The van der Waals surface area contributed by atoms with Crippen LogP contribution in [-0.2, 0) is 4.79 Å². The summed E-state index contributed by atoms with van der Waals surface area (Å²) in [6.07, 6.45) is -2.56. The molecule has 0 fully saturated rings. The fraction of sp³-hybridized carbons (Fsp3) is 0.200. The normalized spacial score (nSPS) is 19.8. The Kier molecular flexibility index (Phi) is 2.55. The highest BCUT2D eigenvalue weighted by Gasteiger charge is 2.26. The fourth-order valence-electron chi connectivity index (χ4n) is 1.52. The smallest absolute Gasteiger partial charge is 0.263 e. The van der Waals surface area contributed by atoms with E-state index in [0.717, 1.165) is 0 Å². The maximum absolute atomic E-state index is 12.4. The third kappa shape index (κ3) is 1.86. The first-order chi connectivity index (χ1) is 7.58. The number of amides is 1. The molecule has 1 unspecified atom stereocenters. The van der Waals surface area contributed by atoms with Crippen LogP contribution in [0.2, 0.25) is 0 Å². The highest BCUT2D eigenvalue weighted by atomic mass is 19.3. The van der Waals surface area contributed by atoms with Crippen molar-refractivity contribution in [3.63, 3.8) is 0 Å². The summed E-state index contributed by atoms with van der Waals surface area (Å²) in [6.45, 7) is 0. The van der Waals surface area contributed by atoms with Gasteiger partial charge in [0.1, 0.15) is 0 Å². The number of hydrogen-bond donors (Lipinski definition) is 2. The van der Waals surface area contributed by atoms with Crippen molar-refractivity contribution in [1.82, 2.24) is 5.32 Å². The zero-order chi connectivity index (χ0) is 11.7. The number of aliphatic imine (C=N–C) groups is 1. The quantitative estimate of drug-likeness (QED) is 0.791. The second kappa shape index (κ2) is 3.88. The fourth-order valence-corrected chi connectivity index (χ4v) is 1.52. The lowest BCUT2D eigenvalue weighted by molar-refractivity contribution is -0.120. The van der Waals surface area contributed by atoms with Gasteiger partial charge in [0, 0.05) is 5.56 Å². The van der Waals surface area contributed by atoms with Crippen molar-refractivity contribution in [3.8, 4) is 0 Å². The van der Waals surface area contributed by atoms with Crippen molar-refractivity contribution in [2.24, 2.45) is 10.7 Å². The molecule has 84 valence electrons. The summed E-state index contributed by atoms with van der Waals surface area (Å²) in [5.74, 6) is -0.388. The molecule has 4 nitrogen and oxygen atoms in total. The van der Waals surface area contributed by atoms with E-state index in [1.165, 1.54) is 18.2 Å². The van der Waals surface area contributed by atoms with Crippen molar-refractivity contribution < 1.29 is 13.6 Å². The van der Waals surface area contributed by atoms with Gasteiger partial charge in [-0.3, -0.25) is 10.1 Å². The van der Waals surface area contributed by atoms with Crippen LogP contribution in [0.4, 0.5) is 8.78 Å². The molecule has 1 aliphatic rings. The number of nitrogens with two attached hydrogens (primary N) is 1. The molecular weight excluding hydrogens is 216 g/mol. The monoisotopic (exact) mass is 225 g/mol. The summed E-state index contributed by atoms with van der Waals surface area (Å²) in [7, 11) is 0. The lowest BCUT2D eigenvalue weighted by Gasteiger charge is -2.07. The highest BCUT2D eigenvalue weighted by Crippen LogP contribution is 2.25. The lowest BCUT2D eigenvalue weighted by Crippen LogP contribution is -2.31. The maximum Gasteiger partial charge on any atom is 0.263 e. The second-order valence-corrected chi connectivity index (χ2v) is 3.38. The summed E-state index contributed by atoms with van der Waals surface area (Å²) in [6, 6.07) is 4.77. The molecule has 1 aromatic carbocycles. The number of hydrogen-bond acceptors (Lipinski definition) is 3. The van der Waals surface area contributed by atoms with Crippen LogP contribution in [0, 0.1) is 0 Å². The molecule has 0 aliphatic carbocycles. The number of carbonyl (C=O) groups excluding carboxylic acids is 1. The molecule has 6 heteroatoms. The average molecular weight is 225 g/mol. The van der Waals surface area contributed by atoms with Crippen LogP contribution in [0.25, 0.3) is 0 Å². The molecule has 2 rings (SSSR count). The van der Waals surface area contributed by atoms with Gasteiger partial charge in [0.15, 0.2) is 12.0 Å². The molecule has 0 bridgehead atoms. The van der Waals surface area contributed by atoms with Crippen molar-refractivity contribution >= 4 is 11.9 Å². The van der Waals surface area contributed by atoms with E-state index in [1.807, 2.05) is 0 Å². The minimum absolute atomic E-state index is 0.0115. The van der Waals surface area contributed by atoms with E-state index in [2.05, 4.69) is 10.3 Å². The Labute approximate surface area is 90.2 Å². The number of benzene rings is 1. The largest absolute Gasteiger partial charge is 0.370 e. The summed E-state index contributed by atoms with van der Waals surface area (Å²) >= 11 is 0. The number of halogens is 2. The van der Waals surface area contributed by atoms with E-state index in [4.69, 9.17) is 5.73 Å². The summed E-state index contributed by atoms with van der Waals surface area (Å²) < 4.78 is 24.9.